The van der Waals surface area contributed by atoms with Crippen LogP contribution < -0.4 is 43.4 Å². The van der Waals surface area contributed by atoms with Crippen molar-refractivity contribution in [1.82, 2.24) is 41.9 Å². The number of hydrogen-bond acceptors (Lipinski definition) is 10. The molecule has 5 amide bonds. The number of H-pyrrole nitrogens is 1. The van der Waals surface area contributed by atoms with E-state index in [9.17, 15) is 24.0 Å². The molecule has 0 saturated carbocycles. The molecule has 15 nitrogen and oxygen atoms in total. The molecular formula is C42H50N10O5S. The van der Waals surface area contributed by atoms with Crippen LogP contribution in [0.5, 0.6) is 0 Å². The van der Waals surface area contributed by atoms with Crippen molar-refractivity contribution in [1.29, 1.82) is 0 Å². The first-order valence-electron chi connectivity index (χ1n) is 19.7. The van der Waals surface area contributed by atoms with E-state index in [-0.39, 0.29) is 32.1 Å². The third-order valence-electron chi connectivity index (χ3n) is 11.4. The Bertz CT molecular complexity index is 2260. The van der Waals surface area contributed by atoms with E-state index in [1.807, 2.05) is 66.7 Å². The fraction of sp³-hybridized carbons (Fsp3) is 0.381. The molecule has 3 aromatic carbocycles. The van der Waals surface area contributed by atoms with Gasteiger partial charge in [-0.3, -0.25) is 24.0 Å². The number of carbonyl (C=O) groups is 5. The number of hydrogen-bond donors (Lipinski definition) is 9. The first-order valence-corrected chi connectivity index (χ1v) is 20.6. The monoisotopic (exact) mass is 806 g/mol. The first kappa shape index (κ1) is 40.5. The Morgan fingerprint density at radius 2 is 1.31 bits per heavy atom. The van der Waals surface area contributed by atoms with Crippen molar-refractivity contribution in [2.24, 2.45) is 11.5 Å². The average Bonchev–Trinajstić information content (AvgIpc) is 3.91. The molecule has 2 saturated heterocycles. The molecule has 304 valence electrons. The zero-order valence-corrected chi connectivity index (χ0v) is 33.0. The highest BCUT2D eigenvalue weighted by molar-refractivity contribution is 7.07. The summed E-state index contributed by atoms with van der Waals surface area (Å²) < 4.78 is 0. The van der Waals surface area contributed by atoms with Crippen molar-refractivity contribution in [2.75, 3.05) is 26.2 Å². The number of primary amides is 1. The van der Waals surface area contributed by atoms with E-state index in [0.29, 0.717) is 44.7 Å². The number of nitrogens with zero attached hydrogens (tertiary/aromatic N) is 1. The second-order valence-electron chi connectivity index (χ2n) is 15.3. The Labute approximate surface area is 339 Å². The van der Waals surface area contributed by atoms with Gasteiger partial charge in [0.2, 0.25) is 29.5 Å². The molecule has 0 spiro atoms. The van der Waals surface area contributed by atoms with Crippen LogP contribution in [0.3, 0.4) is 0 Å². The Hall–Kier alpha value is -5.68. The summed E-state index contributed by atoms with van der Waals surface area (Å²) in [6.45, 7) is 2.07. The van der Waals surface area contributed by atoms with Gasteiger partial charge in [0.15, 0.2) is 0 Å². The highest BCUT2D eigenvalue weighted by atomic mass is 32.1. The van der Waals surface area contributed by atoms with Gasteiger partial charge < -0.3 is 48.4 Å². The van der Waals surface area contributed by atoms with E-state index in [0.717, 1.165) is 32.8 Å². The number of amides is 5. The Kier molecular flexibility index (Phi) is 12.5. The van der Waals surface area contributed by atoms with Crippen LogP contribution in [0.2, 0.25) is 0 Å². The fourth-order valence-corrected chi connectivity index (χ4v) is 8.51. The van der Waals surface area contributed by atoms with Gasteiger partial charge in [0.1, 0.15) is 23.7 Å². The molecule has 2 fully saturated rings. The van der Waals surface area contributed by atoms with Crippen LogP contribution in [0, 0.1) is 0 Å². The second-order valence-corrected chi connectivity index (χ2v) is 16.0. The smallest absolute Gasteiger partial charge is 0.243 e. The van der Waals surface area contributed by atoms with Crippen LogP contribution in [-0.4, -0.2) is 94.9 Å². The van der Waals surface area contributed by atoms with Crippen LogP contribution in [0.4, 0.5) is 0 Å². The van der Waals surface area contributed by atoms with Gasteiger partial charge in [-0.25, -0.2) is 4.98 Å². The van der Waals surface area contributed by atoms with Gasteiger partial charge in [0.05, 0.1) is 16.7 Å². The number of benzene rings is 3. The van der Waals surface area contributed by atoms with E-state index < -0.39 is 58.7 Å². The minimum absolute atomic E-state index is 0.0229. The zero-order valence-electron chi connectivity index (χ0n) is 32.1. The van der Waals surface area contributed by atoms with Crippen LogP contribution in [-0.2, 0) is 43.2 Å². The van der Waals surface area contributed by atoms with E-state index >= 15 is 0 Å². The molecule has 4 heterocycles. The third-order valence-corrected chi connectivity index (χ3v) is 12.1. The minimum atomic E-state index is -1.30. The van der Waals surface area contributed by atoms with E-state index in [1.165, 1.54) is 11.3 Å². The molecular weight excluding hydrogens is 757 g/mol. The summed E-state index contributed by atoms with van der Waals surface area (Å²) in [7, 11) is 0. The quantitative estimate of drug-likeness (QED) is 0.0735. The largest absolute Gasteiger partial charge is 0.368 e. The van der Waals surface area contributed by atoms with Crippen LogP contribution in [0.25, 0.3) is 21.7 Å². The number of rotatable bonds is 15. The maximum Gasteiger partial charge on any atom is 0.243 e. The molecule has 0 aliphatic carbocycles. The molecule has 7 rings (SSSR count). The predicted molar refractivity (Wildman–Crippen MR) is 222 cm³/mol. The number of para-hydroxylation sites is 1. The van der Waals surface area contributed by atoms with E-state index in [1.54, 1.807) is 17.1 Å². The lowest BCUT2D eigenvalue weighted by atomic mass is 9.87. The molecule has 3 atom stereocenters. The zero-order chi connectivity index (χ0) is 40.7. The molecule has 0 unspecified atom stereocenters. The molecule has 2 aliphatic rings. The van der Waals surface area contributed by atoms with Gasteiger partial charge in [0.25, 0.3) is 0 Å². The molecule has 0 radical (unpaired) electrons. The number of carbonyl (C=O) groups excluding carboxylic acids is 5. The normalized spacial score (nSPS) is 17.7. The standard InChI is InChI=1S/C42H50N10O5S/c43-39(56)42(14-18-46-19-15-42)52-38(55)35(22-29-24-58-25-48-29)50-36(53)33(21-28-23-47-32-11-4-3-10-31(28)32)49-37(54)34(51-40(57)41(44)12-16-45-17-13-41)20-27-8-5-7-26-6-1-2-9-30(26)27/h1-11,23-25,33-35,45-47H,12-22,44H2,(H2,43,56)(H,49,54)(H,50,53)(H,51,57)(H,52,55)/t33-,34-,35+/m1/s1. The van der Waals surface area contributed by atoms with Crippen molar-refractivity contribution >= 4 is 62.5 Å². The molecule has 11 N–H and O–H groups in total. The topological polar surface area (TPSA) is 238 Å². The van der Waals surface area contributed by atoms with Gasteiger partial charge in [-0.1, -0.05) is 60.7 Å². The third kappa shape index (κ3) is 9.20. The van der Waals surface area contributed by atoms with E-state index in [2.05, 4.69) is 41.9 Å². The summed E-state index contributed by atoms with van der Waals surface area (Å²) >= 11 is 1.34. The molecule has 5 aromatic rings. The molecule has 2 aliphatic heterocycles. The van der Waals surface area contributed by atoms with Gasteiger partial charge in [-0.05, 0) is 79.8 Å². The molecule has 58 heavy (non-hydrogen) atoms. The summed E-state index contributed by atoms with van der Waals surface area (Å²) in [5, 5.41) is 22.6. The van der Waals surface area contributed by atoms with E-state index in [4.69, 9.17) is 11.5 Å². The van der Waals surface area contributed by atoms with Crippen molar-refractivity contribution in [3.05, 3.63) is 101 Å². The highest BCUT2D eigenvalue weighted by Crippen LogP contribution is 2.23. The van der Waals surface area contributed by atoms with Gasteiger partial charge in [-0.2, -0.15) is 0 Å². The Morgan fingerprint density at radius 1 is 0.707 bits per heavy atom. The lowest BCUT2D eigenvalue weighted by Crippen LogP contribution is -2.65. The van der Waals surface area contributed by atoms with Gasteiger partial charge >= 0.3 is 0 Å². The SMILES string of the molecule is NC(=O)C1(NC(=O)[C@H](Cc2cscn2)NC(=O)[C@@H](Cc2c[nH]c3ccccc23)NC(=O)[C@@H](Cc2cccc3ccccc23)NC(=O)C2(N)CCNCC2)CCNCC1. The number of piperidine rings is 2. The molecule has 2 aromatic heterocycles. The summed E-state index contributed by atoms with van der Waals surface area (Å²) in [4.78, 5) is 77.6. The second kappa shape index (κ2) is 17.9. The number of fused-ring (bicyclic) bond motifs is 2. The maximum atomic E-state index is 14.7. The minimum Gasteiger partial charge on any atom is -0.368 e. The van der Waals surface area contributed by atoms with Crippen LogP contribution in [0.1, 0.15) is 42.5 Å². The number of aromatic nitrogens is 2. The maximum absolute atomic E-state index is 14.7. The van der Waals surface area contributed by atoms with Gasteiger partial charge in [-0.15, -0.1) is 11.3 Å². The van der Waals surface area contributed by atoms with Crippen molar-refractivity contribution in [3.63, 3.8) is 0 Å². The summed E-state index contributed by atoms with van der Waals surface area (Å²) in [6.07, 6.45) is 3.33. The van der Waals surface area contributed by atoms with Crippen molar-refractivity contribution in [2.45, 2.75) is 74.1 Å². The summed E-state index contributed by atoms with van der Waals surface area (Å²) in [6, 6.07) is 17.7. The summed E-state index contributed by atoms with van der Waals surface area (Å²) in [5.74, 6) is -2.95. The van der Waals surface area contributed by atoms with Crippen molar-refractivity contribution in [3.8, 4) is 0 Å². The number of nitrogens with two attached hydrogens (primary N) is 2. The molecule has 16 heteroatoms. The lowest BCUT2D eigenvalue weighted by Gasteiger charge is -2.36. The number of aromatic amines is 1. The highest BCUT2D eigenvalue weighted by Gasteiger charge is 2.42. The average molecular weight is 807 g/mol. The van der Waals surface area contributed by atoms with Crippen LogP contribution in [0.15, 0.2) is 83.8 Å². The fourth-order valence-electron chi connectivity index (χ4n) is 7.94. The number of nitrogens with one attached hydrogen (secondary N) is 7. The van der Waals surface area contributed by atoms with Gasteiger partial charge in [0, 0.05) is 41.7 Å². The van der Waals surface area contributed by atoms with Crippen molar-refractivity contribution < 1.29 is 24.0 Å². The summed E-state index contributed by atoms with van der Waals surface area (Å²) in [5.41, 5.74) is 14.6. The molecule has 0 bridgehead atoms. The number of thiazole rings is 1. The lowest BCUT2D eigenvalue weighted by molar-refractivity contribution is -0.136. The van der Waals surface area contributed by atoms with Crippen LogP contribution >= 0.6 is 11.3 Å². The first-order chi connectivity index (χ1) is 28.0. The predicted octanol–water partition coefficient (Wildman–Crippen LogP) is 1.06. The Balaban J connectivity index is 1.20. The Morgan fingerprint density at radius 3 is 2.00 bits per heavy atom.